The number of anilines is 1. The van der Waals surface area contributed by atoms with Gasteiger partial charge in [0.15, 0.2) is 5.69 Å². The number of aromatic nitrogens is 2. The molecule has 3 amide bonds. The molecule has 1 aromatic carbocycles. The van der Waals surface area contributed by atoms with E-state index >= 15 is 0 Å². The third kappa shape index (κ3) is 3.87. The first-order valence-corrected chi connectivity index (χ1v) is 9.67. The van der Waals surface area contributed by atoms with Crippen LogP contribution in [0.4, 0.5) is 10.5 Å². The summed E-state index contributed by atoms with van der Waals surface area (Å²) in [7, 11) is 1.84. The molecule has 148 valence electrons. The third-order valence-corrected chi connectivity index (χ3v) is 5.28. The van der Waals surface area contributed by atoms with Crippen molar-refractivity contribution < 1.29 is 14.3 Å². The van der Waals surface area contributed by atoms with Gasteiger partial charge in [-0.25, -0.2) is 4.79 Å². The van der Waals surface area contributed by atoms with Gasteiger partial charge in [0.25, 0.3) is 5.91 Å². The fraction of sp³-hybridized carbons (Fsp3) is 0.450. The number of rotatable bonds is 4. The zero-order valence-corrected chi connectivity index (χ0v) is 16.0. The SMILES string of the molecule is Cn1nc(C(=O)Nc2ccccc2)c2c1CCN(C(=O)NCC1CCCO1)C2. The summed E-state index contributed by atoms with van der Waals surface area (Å²) < 4.78 is 7.30. The third-order valence-electron chi connectivity index (χ3n) is 5.28. The molecule has 8 heteroatoms. The Kier molecular flexibility index (Phi) is 5.29. The first kappa shape index (κ1) is 18.5. The number of carbonyl (C=O) groups is 2. The number of hydrogen-bond donors (Lipinski definition) is 2. The molecule has 0 bridgehead atoms. The lowest BCUT2D eigenvalue weighted by atomic mass is 10.0. The highest BCUT2D eigenvalue weighted by Gasteiger charge is 2.29. The summed E-state index contributed by atoms with van der Waals surface area (Å²) in [5.41, 5.74) is 2.91. The van der Waals surface area contributed by atoms with E-state index in [-0.39, 0.29) is 18.0 Å². The highest BCUT2D eigenvalue weighted by atomic mass is 16.5. The second-order valence-corrected chi connectivity index (χ2v) is 7.21. The molecule has 2 aliphatic heterocycles. The topological polar surface area (TPSA) is 88.5 Å². The molecule has 1 unspecified atom stereocenters. The zero-order chi connectivity index (χ0) is 19.5. The number of fused-ring (bicyclic) bond motifs is 1. The molecular weight excluding hydrogens is 358 g/mol. The van der Waals surface area contributed by atoms with E-state index in [1.54, 1.807) is 9.58 Å². The summed E-state index contributed by atoms with van der Waals surface area (Å²) in [5.74, 6) is -0.260. The molecule has 2 aliphatic rings. The van der Waals surface area contributed by atoms with Gasteiger partial charge in [0.2, 0.25) is 0 Å². The maximum Gasteiger partial charge on any atom is 0.317 e. The van der Waals surface area contributed by atoms with Crippen LogP contribution in [-0.2, 0) is 24.8 Å². The summed E-state index contributed by atoms with van der Waals surface area (Å²) in [6.45, 7) is 2.27. The fourth-order valence-corrected chi connectivity index (χ4v) is 3.78. The molecule has 1 atom stereocenters. The van der Waals surface area contributed by atoms with E-state index in [9.17, 15) is 9.59 Å². The van der Waals surface area contributed by atoms with Crippen LogP contribution in [0, 0.1) is 0 Å². The quantitative estimate of drug-likeness (QED) is 0.844. The average Bonchev–Trinajstić information content (AvgIpc) is 3.35. The van der Waals surface area contributed by atoms with Gasteiger partial charge in [-0.05, 0) is 25.0 Å². The second-order valence-electron chi connectivity index (χ2n) is 7.21. The summed E-state index contributed by atoms with van der Waals surface area (Å²) >= 11 is 0. The summed E-state index contributed by atoms with van der Waals surface area (Å²) in [5, 5.41) is 10.2. The van der Waals surface area contributed by atoms with Crippen molar-refractivity contribution in [1.82, 2.24) is 20.0 Å². The number of benzene rings is 1. The van der Waals surface area contributed by atoms with Crippen molar-refractivity contribution in [2.45, 2.75) is 31.9 Å². The maximum absolute atomic E-state index is 12.8. The molecule has 1 fully saturated rings. The number of ether oxygens (including phenoxy) is 1. The monoisotopic (exact) mass is 383 g/mol. The van der Waals surface area contributed by atoms with Crippen LogP contribution in [0.5, 0.6) is 0 Å². The van der Waals surface area contributed by atoms with E-state index in [1.165, 1.54) is 0 Å². The minimum atomic E-state index is -0.260. The van der Waals surface area contributed by atoms with Gasteiger partial charge in [-0.15, -0.1) is 0 Å². The molecule has 0 saturated carbocycles. The lowest BCUT2D eigenvalue weighted by Gasteiger charge is -2.28. The van der Waals surface area contributed by atoms with Crippen molar-refractivity contribution in [3.05, 3.63) is 47.3 Å². The fourth-order valence-electron chi connectivity index (χ4n) is 3.78. The van der Waals surface area contributed by atoms with E-state index in [1.807, 2.05) is 37.4 Å². The van der Waals surface area contributed by atoms with Crippen LogP contribution in [0.15, 0.2) is 30.3 Å². The Balaban J connectivity index is 1.45. The van der Waals surface area contributed by atoms with Gasteiger partial charge in [0.05, 0.1) is 12.6 Å². The van der Waals surface area contributed by atoms with E-state index in [4.69, 9.17) is 4.74 Å². The van der Waals surface area contributed by atoms with Crippen molar-refractivity contribution in [2.24, 2.45) is 7.05 Å². The van der Waals surface area contributed by atoms with Gasteiger partial charge >= 0.3 is 6.03 Å². The number of aryl methyl sites for hydroxylation is 1. The standard InChI is InChI=1S/C20H25N5O3/c1-24-17-9-10-25(20(27)21-12-15-8-5-11-28-15)13-16(17)18(23-24)19(26)22-14-6-3-2-4-7-14/h2-4,6-7,15H,5,8-13H2,1H3,(H,21,27)(H,22,26). The van der Waals surface area contributed by atoms with E-state index < -0.39 is 0 Å². The molecule has 1 aromatic heterocycles. The molecular formula is C20H25N5O3. The number of amides is 3. The van der Waals surface area contributed by atoms with Gasteiger partial charge in [0.1, 0.15) is 0 Å². The predicted octanol–water partition coefficient (Wildman–Crippen LogP) is 1.92. The van der Waals surface area contributed by atoms with E-state index in [0.29, 0.717) is 37.4 Å². The van der Waals surface area contributed by atoms with E-state index in [0.717, 1.165) is 30.7 Å². The zero-order valence-electron chi connectivity index (χ0n) is 16.0. The minimum absolute atomic E-state index is 0.106. The summed E-state index contributed by atoms with van der Waals surface area (Å²) in [6.07, 6.45) is 2.81. The molecule has 28 heavy (non-hydrogen) atoms. The van der Waals surface area contributed by atoms with Gasteiger partial charge in [-0.1, -0.05) is 18.2 Å². The van der Waals surface area contributed by atoms with Crippen LogP contribution >= 0.6 is 0 Å². The Bertz CT molecular complexity index is 858. The van der Waals surface area contributed by atoms with Crippen molar-refractivity contribution in [1.29, 1.82) is 0 Å². The lowest BCUT2D eigenvalue weighted by molar-refractivity contribution is 0.101. The number of nitrogens with one attached hydrogen (secondary N) is 2. The predicted molar refractivity (Wildman–Crippen MR) is 104 cm³/mol. The highest BCUT2D eigenvalue weighted by molar-refractivity contribution is 6.04. The molecule has 2 N–H and O–H groups in total. The Morgan fingerprint density at radius 3 is 2.86 bits per heavy atom. The first-order chi connectivity index (χ1) is 13.6. The largest absolute Gasteiger partial charge is 0.376 e. The van der Waals surface area contributed by atoms with Crippen molar-refractivity contribution in [2.75, 3.05) is 25.0 Å². The second kappa shape index (κ2) is 8.02. The normalized spacial score (nSPS) is 18.6. The molecule has 0 spiro atoms. The first-order valence-electron chi connectivity index (χ1n) is 9.67. The smallest absolute Gasteiger partial charge is 0.317 e. The lowest BCUT2D eigenvalue weighted by Crippen LogP contribution is -2.45. The molecule has 1 saturated heterocycles. The van der Waals surface area contributed by atoms with Crippen molar-refractivity contribution in [3.8, 4) is 0 Å². The number of carbonyl (C=O) groups excluding carboxylic acids is 2. The van der Waals surface area contributed by atoms with Gasteiger partial charge in [-0.3, -0.25) is 9.48 Å². The Morgan fingerprint density at radius 2 is 2.11 bits per heavy atom. The number of urea groups is 1. The van der Waals surface area contributed by atoms with Gasteiger partial charge in [-0.2, -0.15) is 5.10 Å². The Morgan fingerprint density at radius 1 is 1.29 bits per heavy atom. The molecule has 0 aliphatic carbocycles. The van der Waals surface area contributed by atoms with Crippen LogP contribution in [0.25, 0.3) is 0 Å². The van der Waals surface area contributed by atoms with E-state index in [2.05, 4.69) is 15.7 Å². The average molecular weight is 383 g/mol. The summed E-state index contributed by atoms with van der Waals surface area (Å²) in [6, 6.07) is 9.16. The molecule has 4 rings (SSSR count). The number of hydrogen-bond acceptors (Lipinski definition) is 4. The molecule has 8 nitrogen and oxygen atoms in total. The number of nitrogens with zero attached hydrogens (tertiary/aromatic N) is 3. The van der Waals surface area contributed by atoms with Crippen molar-refractivity contribution in [3.63, 3.8) is 0 Å². The van der Waals surface area contributed by atoms with Gasteiger partial charge < -0.3 is 20.3 Å². The Hall–Kier alpha value is -2.87. The minimum Gasteiger partial charge on any atom is -0.376 e. The van der Waals surface area contributed by atoms with Crippen LogP contribution in [0.3, 0.4) is 0 Å². The summed E-state index contributed by atoms with van der Waals surface area (Å²) in [4.78, 5) is 27.1. The van der Waals surface area contributed by atoms with Crippen molar-refractivity contribution >= 4 is 17.6 Å². The van der Waals surface area contributed by atoms with Crippen LogP contribution in [0.1, 0.15) is 34.6 Å². The molecule has 0 radical (unpaired) electrons. The Labute approximate surface area is 163 Å². The molecule has 3 heterocycles. The highest BCUT2D eigenvalue weighted by Crippen LogP contribution is 2.23. The van der Waals surface area contributed by atoms with Crippen LogP contribution in [-0.4, -0.2) is 52.4 Å². The van der Waals surface area contributed by atoms with Crippen LogP contribution in [0.2, 0.25) is 0 Å². The molecule has 2 aromatic rings. The number of para-hydroxylation sites is 1. The maximum atomic E-state index is 12.8. The van der Waals surface area contributed by atoms with Crippen LogP contribution < -0.4 is 10.6 Å². The van der Waals surface area contributed by atoms with Gasteiger partial charge in [0, 0.05) is 50.1 Å².